The first-order chi connectivity index (χ1) is 22.2. The summed E-state index contributed by atoms with van der Waals surface area (Å²) >= 11 is 1.83. The minimum Gasteiger partial charge on any atom is -0.228 e. The highest BCUT2D eigenvalue weighted by atomic mass is 32.1. The normalized spacial score (nSPS) is 15.3. The maximum atomic E-state index is 5.21. The highest BCUT2D eigenvalue weighted by Gasteiger charge is 2.40. The van der Waals surface area contributed by atoms with Gasteiger partial charge in [0.25, 0.3) is 0 Å². The molecular formula is C42H28N2S. The molecule has 212 valence electrons. The van der Waals surface area contributed by atoms with Gasteiger partial charge in [-0.1, -0.05) is 133 Å². The number of thiophene rings is 1. The molecule has 0 bridgehead atoms. The molecule has 0 fully saturated rings. The lowest BCUT2D eigenvalue weighted by Gasteiger charge is -2.28. The zero-order valence-electron chi connectivity index (χ0n) is 24.7. The number of rotatable bonds is 4. The Morgan fingerprint density at radius 3 is 2.02 bits per heavy atom. The summed E-state index contributed by atoms with van der Waals surface area (Å²) in [7, 11) is 0. The SMILES string of the molecule is CC1(c2ccccc2)c2ccccc2-c2ccc(-c3cc(-c4cccc5c4sc4ccccc45)nc(-c4ccccc4)n3)cc21. The van der Waals surface area contributed by atoms with Crippen LogP contribution in [0.25, 0.3) is 65.2 Å². The van der Waals surface area contributed by atoms with Gasteiger partial charge < -0.3 is 0 Å². The van der Waals surface area contributed by atoms with Crippen LogP contribution in [-0.4, -0.2) is 9.97 Å². The Labute approximate surface area is 266 Å². The quantitative estimate of drug-likeness (QED) is 0.203. The number of fused-ring (bicyclic) bond motifs is 6. The summed E-state index contributed by atoms with van der Waals surface area (Å²) in [6, 6.07) is 54.3. The van der Waals surface area contributed by atoms with Crippen LogP contribution in [0, 0.1) is 0 Å². The van der Waals surface area contributed by atoms with Crippen molar-refractivity contribution in [2.45, 2.75) is 12.3 Å². The van der Waals surface area contributed by atoms with E-state index in [1.54, 1.807) is 0 Å². The molecular weight excluding hydrogens is 565 g/mol. The standard InChI is InChI=1S/C42H28N2S/c1-42(29-15-6-3-7-16-29)35-21-10-8-17-30(35)31-24-23-28(25-36(31)42)37-26-38(44-41(43-37)27-13-4-2-5-14-27)34-20-12-19-33-32-18-9-11-22-39(32)45-40(33)34/h2-26H,1H3. The van der Waals surface area contributed by atoms with E-state index >= 15 is 0 Å². The maximum absolute atomic E-state index is 5.21. The number of benzene rings is 6. The van der Waals surface area contributed by atoms with Gasteiger partial charge in [-0.3, -0.25) is 0 Å². The molecule has 1 unspecified atom stereocenters. The second-order valence-corrected chi connectivity index (χ2v) is 13.0. The average Bonchev–Trinajstić information content (AvgIpc) is 3.62. The van der Waals surface area contributed by atoms with E-state index in [1.165, 1.54) is 48.0 Å². The molecule has 2 aromatic heterocycles. The molecule has 8 aromatic rings. The van der Waals surface area contributed by atoms with Crippen LogP contribution < -0.4 is 0 Å². The zero-order chi connectivity index (χ0) is 30.0. The third-order valence-corrected chi connectivity index (χ3v) is 10.6. The van der Waals surface area contributed by atoms with E-state index in [0.717, 1.165) is 33.9 Å². The molecule has 2 nitrogen and oxygen atoms in total. The van der Waals surface area contributed by atoms with Crippen molar-refractivity contribution >= 4 is 31.5 Å². The second kappa shape index (κ2) is 10.1. The lowest BCUT2D eigenvalue weighted by molar-refractivity contribution is 0.714. The van der Waals surface area contributed by atoms with Crippen LogP contribution in [0.3, 0.4) is 0 Å². The van der Waals surface area contributed by atoms with E-state index in [0.29, 0.717) is 0 Å². The number of hydrogen-bond acceptors (Lipinski definition) is 3. The van der Waals surface area contributed by atoms with Gasteiger partial charge in [0.2, 0.25) is 0 Å². The highest BCUT2D eigenvalue weighted by molar-refractivity contribution is 7.26. The maximum Gasteiger partial charge on any atom is 0.160 e. The molecule has 1 aliphatic rings. The summed E-state index contributed by atoms with van der Waals surface area (Å²) in [6.07, 6.45) is 0. The molecule has 6 aromatic carbocycles. The second-order valence-electron chi connectivity index (χ2n) is 11.9. The van der Waals surface area contributed by atoms with Crippen molar-refractivity contribution in [3.8, 4) is 45.0 Å². The number of nitrogens with zero attached hydrogens (tertiary/aromatic N) is 2. The molecule has 2 heterocycles. The average molecular weight is 593 g/mol. The fourth-order valence-electron chi connectivity index (χ4n) is 7.13. The summed E-state index contributed by atoms with van der Waals surface area (Å²) in [5.74, 6) is 0.732. The van der Waals surface area contributed by atoms with Gasteiger partial charge in [-0.2, -0.15) is 0 Å². The van der Waals surface area contributed by atoms with Crippen molar-refractivity contribution in [3.63, 3.8) is 0 Å². The van der Waals surface area contributed by atoms with Crippen LogP contribution in [0.15, 0.2) is 152 Å². The summed E-state index contributed by atoms with van der Waals surface area (Å²) < 4.78 is 2.54. The number of aromatic nitrogens is 2. The molecule has 0 aliphatic heterocycles. The first kappa shape index (κ1) is 26.1. The summed E-state index contributed by atoms with van der Waals surface area (Å²) in [5, 5.41) is 2.55. The molecule has 0 spiro atoms. The minimum atomic E-state index is -0.274. The monoisotopic (exact) mass is 592 g/mol. The fraction of sp³-hybridized carbons (Fsp3) is 0.0476. The van der Waals surface area contributed by atoms with E-state index < -0.39 is 0 Å². The van der Waals surface area contributed by atoms with Crippen LogP contribution in [0.2, 0.25) is 0 Å². The van der Waals surface area contributed by atoms with Gasteiger partial charge in [-0.15, -0.1) is 11.3 Å². The van der Waals surface area contributed by atoms with Gasteiger partial charge in [-0.25, -0.2) is 9.97 Å². The fourth-order valence-corrected chi connectivity index (χ4v) is 8.36. The van der Waals surface area contributed by atoms with Gasteiger partial charge in [-0.05, 0) is 52.9 Å². The summed E-state index contributed by atoms with van der Waals surface area (Å²) in [6.45, 7) is 2.36. The lowest BCUT2D eigenvalue weighted by atomic mass is 9.74. The predicted molar refractivity (Wildman–Crippen MR) is 189 cm³/mol. The summed E-state index contributed by atoms with van der Waals surface area (Å²) in [4.78, 5) is 10.4. The Hall–Kier alpha value is -5.38. The van der Waals surface area contributed by atoms with Crippen molar-refractivity contribution < 1.29 is 0 Å². The van der Waals surface area contributed by atoms with Gasteiger partial charge in [0.1, 0.15) is 0 Å². The van der Waals surface area contributed by atoms with Crippen molar-refractivity contribution in [1.82, 2.24) is 9.97 Å². The Bertz CT molecular complexity index is 2390. The van der Waals surface area contributed by atoms with Crippen LogP contribution in [-0.2, 0) is 5.41 Å². The van der Waals surface area contributed by atoms with Gasteiger partial charge in [0.15, 0.2) is 5.82 Å². The molecule has 0 saturated carbocycles. The van der Waals surface area contributed by atoms with Crippen molar-refractivity contribution in [2.75, 3.05) is 0 Å². The minimum absolute atomic E-state index is 0.274. The Kier molecular flexibility index (Phi) is 5.84. The Morgan fingerprint density at radius 2 is 1.16 bits per heavy atom. The summed E-state index contributed by atoms with van der Waals surface area (Å²) in [5.41, 5.74) is 11.3. The van der Waals surface area contributed by atoms with Crippen LogP contribution in [0.1, 0.15) is 23.6 Å². The van der Waals surface area contributed by atoms with Crippen molar-refractivity contribution in [3.05, 3.63) is 168 Å². The van der Waals surface area contributed by atoms with E-state index in [4.69, 9.17) is 9.97 Å². The lowest BCUT2D eigenvalue weighted by Crippen LogP contribution is -2.22. The van der Waals surface area contributed by atoms with Crippen LogP contribution in [0.4, 0.5) is 0 Å². The molecule has 3 heteroatoms. The third-order valence-electron chi connectivity index (χ3n) is 9.40. The van der Waals surface area contributed by atoms with Crippen molar-refractivity contribution in [2.24, 2.45) is 0 Å². The molecule has 1 aliphatic carbocycles. The largest absolute Gasteiger partial charge is 0.228 e. The number of hydrogen-bond donors (Lipinski definition) is 0. The molecule has 0 radical (unpaired) electrons. The molecule has 1 atom stereocenters. The molecule has 9 rings (SSSR count). The Balaban J connectivity index is 1.28. The zero-order valence-corrected chi connectivity index (χ0v) is 25.6. The molecule has 0 amide bonds. The van der Waals surface area contributed by atoms with Crippen LogP contribution in [0.5, 0.6) is 0 Å². The van der Waals surface area contributed by atoms with Crippen molar-refractivity contribution in [1.29, 1.82) is 0 Å². The first-order valence-electron chi connectivity index (χ1n) is 15.3. The molecule has 0 saturated heterocycles. The molecule has 45 heavy (non-hydrogen) atoms. The first-order valence-corrected chi connectivity index (χ1v) is 16.2. The molecule has 0 N–H and O–H groups in total. The topological polar surface area (TPSA) is 25.8 Å². The van der Waals surface area contributed by atoms with Gasteiger partial charge in [0.05, 0.1) is 11.4 Å². The predicted octanol–water partition coefficient (Wildman–Crippen LogP) is 11.2. The Morgan fingerprint density at radius 1 is 0.489 bits per heavy atom. The smallest absolute Gasteiger partial charge is 0.160 e. The van der Waals surface area contributed by atoms with E-state index in [1.807, 2.05) is 17.4 Å². The van der Waals surface area contributed by atoms with E-state index in [-0.39, 0.29) is 5.41 Å². The third kappa shape index (κ3) is 4.01. The van der Waals surface area contributed by atoms with E-state index in [2.05, 4.69) is 153 Å². The van der Waals surface area contributed by atoms with Crippen LogP contribution >= 0.6 is 11.3 Å². The van der Waals surface area contributed by atoms with E-state index in [9.17, 15) is 0 Å². The van der Waals surface area contributed by atoms with Gasteiger partial charge in [0, 0.05) is 42.3 Å². The van der Waals surface area contributed by atoms with Gasteiger partial charge >= 0.3 is 0 Å². The highest BCUT2D eigenvalue weighted by Crippen LogP contribution is 2.53.